The summed E-state index contributed by atoms with van der Waals surface area (Å²) in [5.74, 6) is 0.242. The lowest BCUT2D eigenvalue weighted by molar-refractivity contribution is -0.143. The molecule has 0 saturated heterocycles. The number of amides is 1. The molecule has 198 valence electrons. The number of ether oxygens (including phenoxy) is 2. The molecule has 2 atom stereocenters. The Morgan fingerprint density at radius 3 is 2.22 bits per heavy atom. The number of hydrogen-bond acceptors (Lipinski definition) is 5. The zero-order valence-corrected chi connectivity index (χ0v) is 20.1. The summed E-state index contributed by atoms with van der Waals surface area (Å²) in [6, 6.07) is 3.74. The van der Waals surface area contributed by atoms with Crippen molar-refractivity contribution >= 4 is 11.8 Å². The van der Waals surface area contributed by atoms with Crippen molar-refractivity contribution in [3.63, 3.8) is 0 Å². The van der Waals surface area contributed by atoms with E-state index >= 15 is 0 Å². The van der Waals surface area contributed by atoms with E-state index < -0.39 is 35.6 Å². The smallest absolute Gasteiger partial charge is 0.416 e. The first-order valence-electron chi connectivity index (χ1n) is 11.3. The maximum atomic E-state index is 13.3. The first-order chi connectivity index (χ1) is 16.7. The summed E-state index contributed by atoms with van der Waals surface area (Å²) in [6.07, 6.45) is -9.99. The Balaban J connectivity index is 1.97. The highest BCUT2D eigenvalue weighted by atomic mass is 19.4. The van der Waals surface area contributed by atoms with Crippen molar-refractivity contribution in [2.75, 3.05) is 12.0 Å². The second-order valence-electron chi connectivity index (χ2n) is 8.71. The van der Waals surface area contributed by atoms with E-state index in [9.17, 15) is 31.1 Å². The summed E-state index contributed by atoms with van der Waals surface area (Å²) in [7, 11) is 1.40. The zero-order chi connectivity index (χ0) is 26.8. The minimum atomic E-state index is -4.94. The van der Waals surface area contributed by atoms with Gasteiger partial charge in [-0.05, 0) is 56.5 Å². The Hall–Kier alpha value is -3.02. The van der Waals surface area contributed by atoms with E-state index in [1.165, 1.54) is 12.0 Å². The van der Waals surface area contributed by atoms with Crippen molar-refractivity contribution in [1.82, 2.24) is 10.3 Å². The van der Waals surface area contributed by atoms with Crippen LogP contribution in [0.1, 0.15) is 62.0 Å². The number of pyridine rings is 1. The highest BCUT2D eigenvalue weighted by molar-refractivity contribution is 5.90. The van der Waals surface area contributed by atoms with Crippen molar-refractivity contribution in [3.8, 4) is 5.88 Å². The summed E-state index contributed by atoms with van der Waals surface area (Å²) in [5.41, 5.74) is -2.14. The van der Waals surface area contributed by atoms with Crippen molar-refractivity contribution < 1.29 is 40.6 Å². The lowest BCUT2D eigenvalue weighted by atomic mass is 9.93. The molecule has 12 heteroatoms. The van der Waals surface area contributed by atoms with Crippen LogP contribution in [0.3, 0.4) is 0 Å². The van der Waals surface area contributed by atoms with Gasteiger partial charge in [-0.3, -0.25) is 4.90 Å². The molecule has 0 radical (unpaired) electrons. The molecule has 0 spiro atoms. The van der Waals surface area contributed by atoms with Gasteiger partial charge in [-0.1, -0.05) is 6.92 Å². The quantitative estimate of drug-likeness (QED) is 0.442. The van der Waals surface area contributed by atoms with E-state index in [4.69, 9.17) is 9.47 Å². The molecule has 1 aromatic carbocycles. The molecule has 36 heavy (non-hydrogen) atoms. The molecule has 2 heterocycles. The van der Waals surface area contributed by atoms with E-state index in [1.54, 1.807) is 26.0 Å². The monoisotopic (exact) mass is 519 g/mol. The van der Waals surface area contributed by atoms with E-state index in [0.29, 0.717) is 36.4 Å². The zero-order valence-electron chi connectivity index (χ0n) is 20.1. The summed E-state index contributed by atoms with van der Waals surface area (Å²) < 4.78 is 90.1. The molecule has 2 unspecified atom stereocenters. The second kappa shape index (κ2) is 10.5. The number of aromatic nitrogens is 1. The topological polar surface area (TPSA) is 63.7 Å². The molecule has 1 amide bonds. The molecule has 1 N–H and O–H groups in total. The van der Waals surface area contributed by atoms with Crippen molar-refractivity contribution in [2.24, 2.45) is 0 Å². The highest BCUT2D eigenvalue weighted by Crippen LogP contribution is 2.40. The fraction of sp³-hybridized carbons (Fsp3) is 0.500. The molecular weight excluding hydrogens is 492 g/mol. The normalized spacial score (nSPS) is 18.2. The Morgan fingerprint density at radius 1 is 1.11 bits per heavy atom. The predicted octanol–water partition coefficient (Wildman–Crippen LogP) is 6.49. The highest BCUT2D eigenvalue weighted by Gasteiger charge is 2.39. The summed E-state index contributed by atoms with van der Waals surface area (Å²) in [6.45, 7) is 5.00. The first-order valence-corrected chi connectivity index (χ1v) is 11.3. The molecule has 0 bridgehead atoms. The van der Waals surface area contributed by atoms with E-state index in [-0.39, 0.29) is 36.2 Å². The van der Waals surface area contributed by atoms with Crippen molar-refractivity contribution in [3.05, 3.63) is 52.7 Å². The maximum absolute atomic E-state index is 13.3. The largest absolute Gasteiger partial charge is 0.481 e. The number of nitrogens with zero attached hydrogens (tertiary/aromatic N) is 2. The lowest BCUT2D eigenvalue weighted by Gasteiger charge is -2.39. The van der Waals surface area contributed by atoms with Gasteiger partial charge in [0, 0.05) is 18.7 Å². The molecule has 2 aromatic rings. The second-order valence-corrected chi connectivity index (χ2v) is 8.71. The molecule has 0 aliphatic carbocycles. The van der Waals surface area contributed by atoms with Crippen LogP contribution in [-0.2, 0) is 23.6 Å². The van der Waals surface area contributed by atoms with Gasteiger partial charge in [0.05, 0.1) is 41.8 Å². The van der Waals surface area contributed by atoms with Gasteiger partial charge in [0.2, 0.25) is 5.88 Å². The van der Waals surface area contributed by atoms with Crippen LogP contribution in [0, 0.1) is 0 Å². The van der Waals surface area contributed by atoms with Gasteiger partial charge < -0.3 is 14.8 Å². The number of benzene rings is 1. The fourth-order valence-electron chi connectivity index (χ4n) is 4.11. The molecule has 0 fully saturated rings. The van der Waals surface area contributed by atoms with Gasteiger partial charge >= 0.3 is 18.4 Å². The third-order valence-electron chi connectivity index (χ3n) is 5.75. The SMILES string of the molecule is CCC1CC(NCc2cc(C(F)(F)F)cc(C(F)(F)F)c2)c2nc(OC)ccc2N1C(=O)OC(C)C. The Labute approximate surface area is 204 Å². The summed E-state index contributed by atoms with van der Waals surface area (Å²) >= 11 is 0. The average molecular weight is 519 g/mol. The number of methoxy groups -OCH3 is 1. The number of fused-ring (bicyclic) bond motifs is 1. The number of alkyl halides is 6. The maximum Gasteiger partial charge on any atom is 0.416 e. The number of anilines is 1. The van der Waals surface area contributed by atoms with E-state index in [2.05, 4.69) is 10.3 Å². The van der Waals surface area contributed by atoms with Crippen LogP contribution in [0.25, 0.3) is 0 Å². The summed E-state index contributed by atoms with van der Waals surface area (Å²) in [5, 5.41) is 3.04. The van der Waals surface area contributed by atoms with Crippen molar-refractivity contribution in [1.29, 1.82) is 0 Å². The lowest BCUT2D eigenvalue weighted by Crippen LogP contribution is -2.47. The van der Waals surface area contributed by atoms with E-state index in [0.717, 1.165) is 0 Å². The average Bonchev–Trinajstić information content (AvgIpc) is 2.79. The predicted molar refractivity (Wildman–Crippen MR) is 120 cm³/mol. The van der Waals surface area contributed by atoms with Crippen LogP contribution in [0.15, 0.2) is 30.3 Å². The van der Waals surface area contributed by atoms with Gasteiger partial charge in [-0.15, -0.1) is 0 Å². The molecular formula is C24H27F6N3O3. The standard InChI is InChI=1S/C24H27F6N3O3/c1-5-17-11-18(21-19(6-7-20(32-21)35-4)33(17)22(34)36-13(2)3)31-12-14-8-15(23(25,26)27)10-16(9-14)24(28,29)30/h6-10,13,17-18,31H,5,11-12H2,1-4H3. The minimum Gasteiger partial charge on any atom is -0.481 e. The van der Waals surface area contributed by atoms with Crippen LogP contribution >= 0.6 is 0 Å². The number of nitrogens with one attached hydrogen (secondary N) is 1. The van der Waals surface area contributed by atoms with Gasteiger partial charge in [-0.2, -0.15) is 26.3 Å². The third kappa shape index (κ3) is 6.21. The van der Waals surface area contributed by atoms with Gasteiger partial charge in [0.25, 0.3) is 0 Å². The fourth-order valence-corrected chi connectivity index (χ4v) is 4.11. The first kappa shape index (κ1) is 27.6. The van der Waals surface area contributed by atoms with Gasteiger partial charge in [0.15, 0.2) is 0 Å². The number of halogens is 6. The molecule has 3 rings (SSSR count). The Bertz CT molecular complexity index is 1060. The van der Waals surface area contributed by atoms with Crippen LogP contribution in [0.5, 0.6) is 5.88 Å². The third-order valence-corrected chi connectivity index (χ3v) is 5.75. The molecule has 1 aliphatic rings. The Kier molecular flexibility index (Phi) is 8.07. The molecule has 1 aliphatic heterocycles. The number of hydrogen-bond donors (Lipinski definition) is 1. The minimum absolute atomic E-state index is 0.0944. The van der Waals surface area contributed by atoms with E-state index in [1.807, 2.05) is 6.92 Å². The van der Waals surface area contributed by atoms with Crippen LogP contribution < -0.4 is 15.0 Å². The van der Waals surface area contributed by atoms with Crippen molar-refractivity contribution in [2.45, 2.75) is 70.7 Å². The van der Waals surface area contributed by atoms with Crippen LogP contribution in [0.2, 0.25) is 0 Å². The van der Waals surface area contributed by atoms with Gasteiger partial charge in [-0.25, -0.2) is 9.78 Å². The van der Waals surface area contributed by atoms with Gasteiger partial charge in [0.1, 0.15) is 0 Å². The number of carbonyl (C=O) groups excluding carboxylic acids is 1. The molecule has 6 nitrogen and oxygen atoms in total. The number of carbonyl (C=O) groups is 1. The summed E-state index contributed by atoms with van der Waals surface area (Å²) in [4.78, 5) is 18.8. The Morgan fingerprint density at radius 2 is 1.72 bits per heavy atom. The van der Waals surface area contributed by atoms with Crippen LogP contribution in [0.4, 0.5) is 36.8 Å². The number of rotatable bonds is 6. The van der Waals surface area contributed by atoms with Crippen LogP contribution in [-0.4, -0.2) is 30.3 Å². The molecule has 0 saturated carbocycles. The molecule has 1 aromatic heterocycles.